The van der Waals surface area contributed by atoms with Crippen molar-refractivity contribution in [2.75, 3.05) is 46.8 Å². The van der Waals surface area contributed by atoms with Gasteiger partial charge in [0.15, 0.2) is 0 Å². The summed E-state index contributed by atoms with van der Waals surface area (Å²) >= 11 is 0. The van der Waals surface area contributed by atoms with Gasteiger partial charge in [-0.1, -0.05) is 44.7 Å². The number of aliphatic hydroxyl groups is 1. The first-order valence-corrected chi connectivity index (χ1v) is 19.2. The molecule has 0 aromatic heterocycles. The summed E-state index contributed by atoms with van der Waals surface area (Å²) in [5.74, 6) is -0.323. The minimum absolute atomic E-state index is 0.0192. The van der Waals surface area contributed by atoms with Crippen LogP contribution in [0.25, 0.3) is 0 Å². The van der Waals surface area contributed by atoms with E-state index in [4.69, 9.17) is 0 Å². The van der Waals surface area contributed by atoms with Gasteiger partial charge in [-0.25, -0.2) is 13.1 Å². The molecule has 5 rings (SSSR count). The zero-order valence-corrected chi connectivity index (χ0v) is 30.1. The predicted octanol–water partition coefficient (Wildman–Crippen LogP) is 3.60. The van der Waals surface area contributed by atoms with Gasteiger partial charge in [0.2, 0.25) is 21.8 Å². The van der Waals surface area contributed by atoms with E-state index in [1.165, 1.54) is 0 Å². The van der Waals surface area contributed by atoms with Crippen molar-refractivity contribution < 1.29 is 23.1 Å². The number of piperazine rings is 1. The van der Waals surface area contributed by atoms with Crippen LogP contribution in [0.3, 0.4) is 0 Å². The van der Waals surface area contributed by atoms with E-state index in [2.05, 4.69) is 32.1 Å². The van der Waals surface area contributed by atoms with Crippen molar-refractivity contribution in [1.82, 2.24) is 24.7 Å². The highest BCUT2D eigenvalue weighted by Crippen LogP contribution is 2.44. The van der Waals surface area contributed by atoms with Crippen LogP contribution in [0.5, 0.6) is 0 Å². The molecule has 1 spiro atoms. The van der Waals surface area contributed by atoms with E-state index < -0.39 is 33.2 Å². The minimum atomic E-state index is -3.67. The Balaban J connectivity index is 1.38. The SMILES string of the molecule is CCCCN1C(=O)[C@@H]([C@H](O)C2CCCCC2)NC(=O)C12CCN(C(c1ccc(S(=O)(=O)NCCN(C)C)cc1)C1(C)C=C(C)N=N1)CC2. The molecule has 0 radical (unpaired) electrons. The number of benzene rings is 1. The molecule has 3 fully saturated rings. The number of aliphatic hydroxyl groups excluding tert-OH is 1. The molecule has 2 saturated heterocycles. The van der Waals surface area contributed by atoms with Gasteiger partial charge in [0.25, 0.3) is 0 Å². The fraction of sp³-hybridized carbons (Fsp3) is 0.714. The highest BCUT2D eigenvalue weighted by molar-refractivity contribution is 7.89. The fourth-order valence-electron chi connectivity index (χ4n) is 8.14. The van der Waals surface area contributed by atoms with Crippen molar-refractivity contribution in [2.45, 2.75) is 113 Å². The number of unbranched alkanes of at least 4 members (excludes halogenated alkanes) is 1. The van der Waals surface area contributed by atoms with Crippen molar-refractivity contribution in [3.63, 3.8) is 0 Å². The molecule has 3 N–H and O–H groups in total. The average Bonchev–Trinajstić information content (AvgIpc) is 3.42. The van der Waals surface area contributed by atoms with Gasteiger partial charge in [-0.3, -0.25) is 14.5 Å². The van der Waals surface area contributed by atoms with Gasteiger partial charge in [0.05, 0.1) is 22.7 Å². The number of allylic oxidation sites excluding steroid dienone is 1. The molecule has 2 amide bonds. The molecule has 4 atom stereocenters. The summed E-state index contributed by atoms with van der Waals surface area (Å²) in [7, 11) is 0.112. The number of carbonyl (C=O) groups is 2. The third-order valence-electron chi connectivity index (χ3n) is 10.8. The van der Waals surface area contributed by atoms with Crippen LogP contribution in [0, 0.1) is 5.92 Å². The third-order valence-corrected chi connectivity index (χ3v) is 12.3. The smallest absolute Gasteiger partial charge is 0.248 e. The van der Waals surface area contributed by atoms with Crippen molar-refractivity contribution >= 4 is 21.8 Å². The lowest BCUT2D eigenvalue weighted by Crippen LogP contribution is -2.75. The summed E-state index contributed by atoms with van der Waals surface area (Å²) in [6.07, 6.45) is 8.67. The zero-order valence-electron chi connectivity index (χ0n) is 29.3. The van der Waals surface area contributed by atoms with Crippen LogP contribution in [0.1, 0.15) is 90.2 Å². The number of azo groups is 1. The first kappa shape index (κ1) is 36.6. The number of likely N-dealkylation sites (N-methyl/N-ethyl adjacent to an activating group) is 1. The predicted molar refractivity (Wildman–Crippen MR) is 185 cm³/mol. The van der Waals surface area contributed by atoms with Crippen molar-refractivity contribution in [1.29, 1.82) is 0 Å². The molecule has 3 aliphatic heterocycles. The average molecular weight is 686 g/mol. The Bertz CT molecular complexity index is 1470. The Kier molecular flexibility index (Phi) is 11.5. The van der Waals surface area contributed by atoms with Crippen molar-refractivity contribution in [3.05, 3.63) is 41.6 Å². The van der Waals surface area contributed by atoms with Crippen molar-refractivity contribution in [2.24, 2.45) is 16.1 Å². The molecule has 48 heavy (non-hydrogen) atoms. The van der Waals surface area contributed by atoms with E-state index in [0.717, 1.165) is 56.2 Å². The second-order valence-corrected chi connectivity index (χ2v) is 16.4. The zero-order chi connectivity index (χ0) is 34.7. The van der Waals surface area contributed by atoms with Crippen LogP contribution in [-0.2, 0) is 19.6 Å². The lowest BCUT2D eigenvalue weighted by Gasteiger charge is -2.54. The molecule has 12 nitrogen and oxygen atoms in total. The maximum atomic E-state index is 14.1. The molecule has 1 aromatic rings. The lowest BCUT2D eigenvalue weighted by molar-refractivity contribution is -0.166. The molecule has 1 aliphatic carbocycles. The van der Waals surface area contributed by atoms with Gasteiger partial charge >= 0.3 is 0 Å². The van der Waals surface area contributed by atoms with Crippen LogP contribution >= 0.6 is 0 Å². The second-order valence-electron chi connectivity index (χ2n) is 14.6. The Morgan fingerprint density at radius 2 is 1.77 bits per heavy atom. The topological polar surface area (TPSA) is 147 Å². The maximum absolute atomic E-state index is 14.1. The monoisotopic (exact) mass is 685 g/mol. The van der Waals surface area contributed by atoms with Crippen LogP contribution in [0.15, 0.2) is 51.2 Å². The molecule has 1 saturated carbocycles. The Labute approximate surface area is 286 Å². The van der Waals surface area contributed by atoms with Gasteiger partial charge in [-0.05, 0) is 89.7 Å². The van der Waals surface area contributed by atoms with Gasteiger partial charge in [0.1, 0.15) is 17.1 Å². The Morgan fingerprint density at radius 3 is 2.35 bits per heavy atom. The number of likely N-dealkylation sites (tertiary alicyclic amines) is 1. The van der Waals surface area contributed by atoms with Crippen LogP contribution in [0.4, 0.5) is 0 Å². The van der Waals surface area contributed by atoms with Crippen LogP contribution in [-0.4, -0.2) is 110 Å². The Hall–Kier alpha value is -2.71. The van der Waals surface area contributed by atoms with E-state index in [1.807, 2.05) is 51.1 Å². The summed E-state index contributed by atoms with van der Waals surface area (Å²) in [5.41, 5.74) is 0.00987. The molecular weight excluding hydrogens is 630 g/mol. The summed E-state index contributed by atoms with van der Waals surface area (Å²) in [6.45, 7) is 8.43. The lowest BCUT2D eigenvalue weighted by atomic mass is 9.76. The van der Waals surface area contributed by atoms with E-state index in [0.29, 0.717) is 45.6 Å². The largest absolute Gasteiger partial charge is 0.390 e. The van der Waals surface area contributed by atoms with Gasteiger partial charge < -0.3 is 20.2 Å². The minimum Gasteiger partial charge on any atom is -0.390 e. The number of nitrogens with one attached hydrogen (secondary N) is 2. The molecule has 13 heteroatoms. The molecule has 0 bridgehead atoms. The molecular formula is C35H55N7O5S. The molecule has 2 unspecified atom stereocenters. The van der Waals surface area contributed by atoms with Crippen LogP contribution in [0.2, 0.25) is 0 Å². The second kappa shape index (κ2) is 15.0. The first-order valence-electron chi connectivity index (χ1n) is 17.7. The number of sulfonamides is 1. The highest BCUT2D eigenvalue weighted by Gasteiger charge is 2.56. The summed E-state index contributed by atoms with van der Waals surface area (Å²) in [5, 5.41) is 23.4. The number of amides is 2. The van der Waals surface area contributed by atoms with E-state index in [1.54, 1.807) is 17.0 Å². The summed E-state index contributed by atoms with van der Waals surface area (Å²) in [6, 6.07) is 5.78. The van der Waals surface area contributed by atoms with E-state index in [-0.39, 0.29) is 28.7 Å². The van der Waals surface area contributed by atoms with E-state index in [9.17, 15) is 23.1 Å². The standard InChI is InChI=1S/C35H55N7O5S/c1-6-7-20-42-32(44)29(30(43)26-11-9-8-10-12-26)37-33(45)35(42)17-21-41(22-18-35)31(34(3)24-25(2)38-39-34)27-13-15-28(16-14-27)48(46,47)36-19-23-40(4)5/h13-16,24,26,29-31,36,43H,6-12,17-23H2,1-5H3,(H,37,45)/t29-,30-,31?,34?/m1/s1. The highest BCUT2D eigenvalue weighted by atomic mass is 32.2. The van der Waals surface area contributed by atoms with Gasteiger partial charge in [-0.15, -0.1) is 0 Å². The number of nitrogens with zero attached hydrogens (tertiary/aromatic N) is 5. The molecule has 3 heterocycles. The quantitative estimate of drug-likeness (QED) is 0.288. The normalized spacial score (nSPS) is 26.6. The number of hydrogen-bond donors (Lipinski definition) is 3. The summed E-state index contributed by atoms with van der Waals surface area (Å²) < 4.78 is 28.6. The fourth-order valence-corrected chi connectivity index (χ4v) is 9.16. The third kappa shape index (κ3) is 7.55. The van der Waals surface area contributed by atoms with Crippen molar-refractivity contribution in [3.8, 4) is 0 Å². The first-order chi connectivity index (χ1) is 22.8. The molecule has 1 aromatic carbocycles. The van der Waals surface area contributed by atoms with E-state index >= 15 is 0 Å². The number of piperidine rings is 1. The number of hydrogen-bond acceptors (Lipinski definition) is 9. The number of carbonyl (C=O) groups excluding carboxylic acids is 2. The maximum Gasteiger partial charge on any atom is 0.248 e. The number of rotatable bonds is 13. The van der Waals surface area contributed by atoms with Gasteiger partial charge in [0, 0.05) is 32.7 Å². The molecule has 266 valence electrons. The molecule has 4 aliphatic rings. The summed E-state index contributed by atoms with van der Waals surface area (Å²) in [4.78, 5) is 34.4. The van der Waals surface area contributed by atoms with Crippen LogP contribution < -0.4 is 10.0 Å². The van der Waals surface area contributed by atoms with Gasteiger partial charge in [-0.2, -0.15) is 10.2 Å². The Morgan fingerprint density at radius 1 is 1.10 bits per heavy atom.